The van der Waals surface area contributed by atoms with Crippen molar-refractivity contribution in [3.05, 3.63) is 11.6 Å². The molecule has 3 unspecified atom stereocenters. The van der Waals surface area contributed by atoms with E-state index in [4.69, 9.17) is 9.47 Å². The zero-order valence-corrected chi connectivity index (χ0v) is 21.8. The van der Waals surface area contributed by atoms with Crippen molar-refractivity contribution in [3.8, 4) is 0 Å². The average molecular weight is 494 g/mol. The zero-order valence-electron chi connectivity index (χ0n) is 21.8. The SMILES string of the molecule is COCCN(C(=O)COC)C(C)C1CC[C@@]2(O)C3=CC(=O)[C@@H]4C[C@@H](O)[C@@H](O)C[C@]4(C)C3CC[C@]12C. The number of rotatable bonds is 7. The summed E-state index contributed by atoms with van der Waals surface area (Å²) in [4.78, 5) is 28.0. The molecule has 0 bridgehead atoms. The highest BCUT2D eigenvalue weighted by atomic mass is 16.5. The lowest BCUT2D eigenvalue weighted by Crippen LogP contribution is -2.61. The van der Waals surface area contributed by atoms with Gasteiger partial charge in [0.1, 0.15) is 6.61 Å². The summed E-state index contributed by atoms with van der Waals surface area (Å²) >= 11 is 0. The van der Waals surface area contributed by atoms with Crippen LogP contribution in [0.15, 0.2) is 11.6 Å². The van der Waals surface area contributed by atoms with Crippen LogP contribution in [0.2, 0.25) is 0 Å². The number of aliphatic hydroxyl groups excluding tert-OH is 2. The van der Waals surface area contributed by atoms with E-state index in [1.807, 2.05) is 11.8 Å². The molecule has 0 aromatic heterocycles. The van der Waals surface area contributed by atoms with Gasteiger partial charge in [-0.05, 0) is 74.3 Å². The molecule has 8 heteroatoms. The number of aliphatic hydroxyl groups is 3. The van der Waals surface area contributed by atoms with Gasteiger partial charge in [-0.3, -0.25) is 9.59 Å². The Morgan fingerprint density at radius 1 is 1.14 bits per heavy atom. The monoisotopic (exact) mass is 493 g/mol. The maximum absolute atomic E-state index is 13.3. The summed E-state index contributed by atoms with van der Waals surface area (Å²) in [5.41, 5.74) is -1.32. The van der Waals surface area contributed by atoms with Gasteiger partial charge < -0.3 is 29.7 Å². The number of hydrogen-bond donors (Lipinski definition) is 3. The highest BCUT2D eigenvalue weighted by molar-refractivity contribution is 5.95. The number of carbonyl (C=O) groups is 2. The van der Waals surface area contributed by atoms with E-state index in [0.717, 1.165) is 24.8 Å². The predicted molar refractivity (Wildman–Crippen MR) is 129 cm³/mol. The first-order chi connectivity index (χ1) is 16.4. The second-order valence-electron chi connectivity index (χ2n) is 11.9. The Morgan fingerprint density at radius 2 is 1.86 bits per heavy atom. The van der Waals surface area contributed by atoms with Gasteiger partial charge in [-0.15, -0.1) is 0 Å². The third kappa shape index (κ3) is 4.00. The quantitative estimate of drug-likeness (QED) is 0.494. The van der Waals surface area contributed by atoms with Gasteiger partial charge in [0.15, 0.2) is 5.78 Å². The van der Waals surface area contributed by atoms with Gasteiger partial charge in [0, 0.05) is 38.1 Å². The van der Waals surface area contributed by atoms with Crippen LogP contribution in [0.25, 0.3) is 0 Å². The van der Waals surface area contributed by atoms with E-state index in [9.17, 15) is 24.9 Å². The molecule has 1 amide bonds. The minimum absolute atomic E-state index is 0.00257. The fourth-order valence-electron chi connectivity index (χ4n) is 8.35. The number of fused-ring (bicyclic) bond motifs is 5. The first-order valence-electron chi connectivity index (χ1n) is 13.1. The van der Waals surface area contributed by atoms with Crippen molar-refractivity contribution < 1.29 is 34.4 Å². The van der Waals surface area contributed by atoms with Crippen LogP contribution in [-0.4, -0.2) is 89.7 Å². The molecular formula is C27H43NO7. The third-order valence-electron chi connectivity index (χ3n) is 10.4. The van der Waals surface area contributed by atoms with E-state index in [2.05, 4.69) is 13.8 Å². The number of nitrogens with zero attached hydrogens (tertiary/aromatic N) is 1. The molecule has 0 heterocycles. The van der Waals surface area contributed by atoms with Crippen molar-refractivity contribution in [1.82, 2.24) is 4.90 Å². The van der Waals surface area contributed by atoms with E-state index in [1.54, 1.807) is 13.2 Å². The summed E-state index contributed by atoms with van der Waals surface area (Å²) < 4.78 is 10.4. The first kappa shape index (κ1) is 26.7. The molecule has 8 nitrogen and oxygen atoms in total. The lowest BCUT2D eigenvalue weighted by molar-refractivity contribution is -0.155. The number of ether oxygens (including phenoxy) is 2. The molecule has 0 aliphatic heterocycles. The van der Waals surface area contributed by atoms with Crippen LogP contribution in [0.5, 0.6) is 0 Å². The summed E-state index contributed by atoms with van der Waals surface area (Å²) in [5.74, 6) is -0.446. The van der Waals surface area contributed by atoms with Crippen LogP contribution in [0, 0.1) is 28.6 Å². The lowest BCUT2D eigenvalue weighted by atomic mass is 9.46. The molecule has 4 aliphatic carbocycles. The van der Waals surface area contributed by atoms with Crippen molar-refractivity contribution in [2.75, 3.05) is 34.0 Å². The Morgan fingerprint density at radius 3 is 2.51 bits per heavy atom. The topological polar surface area (TPSA) is 117 Å². The summed E-state index contributed by atoms with van der Waals surface area (Å²) in [5, 5.41) is 33.1. The third-order valence-corrected chi connectivity index (χ3v) is 10.4. The van der Waals surface area contributed by atoms with Crippen LogP contribution in [0.3, 0.4) is 0 Å². The molecule has 3 fully saturated rings. The van der Waals surface area contributed by atoms with Gasteiger partial charge in [-0.1, -0.05) is 13.8 Å². The van der Waals surface area contributed by atoms with Gasteiger partial charge in [-0.2, -0.15) is 0 Å². The minimum Gasteiger partial charge on any atom is -0.390 e. The molecule has 198 valence electrons. The minimum atomic E-state index is -1.14. The van der Waals surface area contributed by atoms with Crippen molar-refractivity contribution in [2.24, 2.45) is 28.6 Å². The van der Waals surface area contributed by atoms with Gasteiger partial charge in [0.2, 0.25) is 5.91 Å². The Balaban J connectivity index is 1.67. The average Bonchev–Trinajstić information content (AvgIpc) is 3.07. The molecule has 0 aromatic carbocycles. The number of ketones is 1. The first-order valence-corrected chi connectivity index (χ1v) is 13.1. The molecule has 0 aromatic rings. The zero-order chi connectivity index (χ0) is 25.8. The van der Waals surface area contributed by atoms with Crippen molar-refractivity contribution in [1.29, 1.82) is 0 Å². The molecule has 35 heavy (non-hydrogen) atoms. The molecule has 4 rings (SSSR count). The second-order valence-corrected chi connectivity index (χ2v) is 11.9. The largest absolute Gasteiger partial charge is 0.390 e. The van der Waals surface area contributed by atoms with Gasteiger partial charge in [-0.25, -0.2) is 0 Å². The lowest BCUT2D eigenvalue weighted by Gasteiger charge is -2.60. The summed E-state index contributed by atoms with van der Waals surface area (Å²) in [6.45, 7) is 7.09. The highest BCUT2D eigenvalue weighted by Crippen LogP contribution is 2.67. The van der Waals surface area contributed by atoms with Crippen molar-refractivity contribution in [2.45, 2.75) is 83.1 Å². The molecule has 0 saturated heterocycles. The van der Waals surface area contributed by atoms with E-state index in [-0.39, 0.29) is 48.5 Å². The number of hydrogen-bond acceptors (Lipinski definition) is 7. The van der Waals surface area contributed by atoms with Crippen LogP contribution < -0.4 is 0 Å². The normalized spacial score (nSPS) is 43.6. The van der Waals surface area contributed by atoms with Crippen molar-refractivity contribution >= 4 is 11.7 Å². The van der Waals surface area contributed by atoms with Crippen LogP contribution in [-0.2, 0) is 19.1 Å². The summed E-state index contributed by atoms with van der Waals surface area (Å²) in [7, 11) is 3.12. The molecule has 3 saturated carbocycles. The molecule has 0 spiro atoms. The fraction of sp³-hybridized carbons (Fsp3) is 0.852. The van der Waals surface area contributed by atoms with Crippen LogP contribution in [0.4, 0.5) is 0 Å². The van der Waals surface area contributed by atoms with E-state index >= 15 is 0 Å². The maximum atomic E-state index is 13.3. The van der Waals surface area contributed by atoms with Gasteiger partial charge in [0.25, 0.3) is 0 Å². The Hall–Kier alpha value is -1.32. The number of amides is 1. The highest BCUT2D eigenvalue weighted by Gasteiger charge is 2.67. The Bertz CT molecular complexity index is 876. The van der Waals surface area contributed by atoms with Crippen LogP contribution in [0.1, 0.15) is 59.3 Å². The predicted octanol–water partition coefficient (Wildman–Crippen LogP) is 1.70. The maximum Gasteiger partial charge on any atom is 0.248 e. The molecular weight excluding hydrogens is 450 g/mol. The van der Waals surface area contributed by atoms with E-state index in [0.29, 0.717) is 26.0 Å². The summed E-state index contributed by atoms with van der Waals surface area (Å²) in [6, 6.07) is -0.127. The summed E-state index contributed by atoms with van der Waals surface area (Å²) in [6.07, 6.45) is 3.41. The molecule has 9 atom stereocenters. The van der Waals surface area contributed by atoms with Gasteiger partial charge in [0.05, 0.1) is 24.4 Å². The second kappa shape index (κ2) is 9.53. The smallest absolute Gasteiger partial charge is 0.248 e. The Labute approximate surface area is 208 Å². The fourth-order valence-corrected chi connectivity index (χ4v) is 8.35. The standard InChI is InChI=1S/C27H43NO7/c1-16(28(10-11-34-4)24(32)15-35-5)17-7-9-27(33)19-12-21(29)20-13-22(30)23(31)14-25(20,2)18(19)6-8-26(17,27)3/h12,16-18,20,22-23,30-31,33H,6-11,13-15H2,1-5H3/t16?,17?,18?,20-,22+,23-,25+,26+,27+/m0/s1. The van der Waals surface area contributed by atoms with E-state index in [1.165, 1.54) is 7.11 Å². The number of allylic oxidation sites excluding steroid dienone is 1. The molecule has 4 aliphatic rings. The number of methoxy groups -OCH3 is 2. The van der Waals surface area contributed by atoms with E-state index < -0.39 is 28.6 Å². The molecule has 3 N–H and O–H groups in total. The Kier molecular flexibility index (Phi) is 7.28. The molecule has 0 radical (unpaired) electrons. The number of carbonyl (C=O) groups excluding carboxylic acids is 2. The van der Waals surface area contributed by atoms with Crippen LogP contribution >= 0.6 is 0 Å². The van der Waals surface area contributed by atoms with Gasteiger partial charge >= 0.3 is 0 Å². The van der Waals surface area contributed by atoms with Crippen molar-refractivity contribution in [3.63, 3.8) is 0 Å².